The molecule has 0 bridgehead atoms. The quantitative estimate of drug-likeness (QED) is 0.561. The van der Waals surface area contributed by atoms with Gasteiger partial charge in [-0.3, -0.25) is 4.79 Å². The molecule has 0 fully saturated rings. The number of aryl methyl sites for hydroxylation is 1. The first-order valence-electron chi connectivity index (χ1n) is 8.79. The highest BCUT2D eigenvalue weighted by molar-refractivity contribution is 5.91. The van der Waals surface area contributed by atoms with E-state index in [1.165, 1.54) is 6.26 Å². The number of nitrogens with zero attached hydrogens (tertiary/aromatic N) is 4. The number of benzene rings is 1. The summed E-state index contributed by atoms with van der Waals surface area (Å²) in [5, 5.41) is 6.80. The van der Waals surface area contributed by atoms with Gasteiger partial charge in [0.05, 0.1) is 23.6 Å². The number of fused-ring (bicyclic) bond motifs is 1. The van der Waals surface area contributed by atoms with Crippen molar-refractivity contribution in [3.63, 3.8) is 0 Å². The summed E-state index contributed by atoms with van der Waals surface area (Å²) in [6.45, 7) is 4.83. The van der Waals surface area contributed by atoms with E-state index < -0.39 is 6.04 Å². The predicted molar refractivity (Wildman–Crippen MR) is 97.9 cm³/mol. The number of furan rings is 1. The van der Waals surface area contributed by atoms with E-state index in [1.807, 2.05) is 24.5 Å². The average Bonchev–Trinajstić information content (AvgIpc) is 3.42. The molecule has 138 valence electrons. The van der Waals surface area contributed by atoms with E-state index >= 15 is 0 Å². The van der Waals surface area contributed by atoms with Crippen molar-refractivity contribution >= 4 is 16.9 Å². The van der Waals surface area contributed by atoms with E-state index in [4.69, 9.17) is 8.94 Å². The molecule has 4 rings (SSSR count). The van der Waals surface area contributed by atoms with E-state index in [0.29, 0.717) is 11.7 Å². The van der Waals surface area contributed by atoms with Crippen LogP contribution in [0.4, 0.5) is 0 Å². The monoisotopic (exact) mass is 365 g/mol. The standard InChI is InChI=1S/C19H19N5O3/c1-3-8-24-11-20-14-10-13(6-7-15(14)24)17-22-19(27-23-17)12(2)21-18(25)16-5-4-9-26-16/h4-7,9-12H,3,8H2,1-2H3,(H,21,25). The Morgan fingerprint density at radius 3 is 3.00 bits per heavy atom. The molecule has 8 heteroatoms. The van der Waals surface area contributed by atoms with Crippen molar-refractivity contribution in [3.8, 4) is 11.4 Å². The van der Waals surface area contributed by atoms with Gasteiger partial charge in [0.1, 0.15) is 6.04 Å². The predicted octanol–water partition coefficient (Wildman–Crippen LogP) is 3.58. The first-order chi connectivity index (χ1) is 13.2. The Balaban J connectivity index is 1.53. The van der Waals surface area contributed by atoms with Crippen molar-refractivity contribution in [1.29, 1.82) is 0 Å². The number of aromatic nitrogens is 4. The SMILES string of the molecule is CCCn1cnc2cc(-c3noc(C(C)NC(=O)c4ccco4)n3)ccc21. The van der Waals surface area contributed by atoms with Crippen LogP contribution in [0.15, 0.2) is 51.9 Å². The fourth-order valence-corrected chi connectivity index (χ4v) is 2.89. The summed E-state index contributed by atoms with van der Waals surface area (Å²) in [5.74, 6) is 0.669. The van der Waals surface area contributed by atoms with Gasteiger partial charge in [0.15, 0.2) is 5.76 Å². The molecule has 1 unspecified atom stereocenters. The molecule has 27 heavy (non-hydrogen) atoms. The minimum absolute atomic E-state index is 0.231. The minimum Gasteiger partial charge on any atom is -0.459 e. The third-order valence-electron chi connectivity index (χ3n) is 4.25. The van der Waals surface area contributed by atoms with Crippen LogP contribution in [0.2, 0.25) is 0 Å². The van der Waals surface area contributed by atoms with Crippen molar-refractivity contribution in [2.75, 3.05) is 0 Å². The Labute approximate surface area is 155 Å². The third kappa shape index (κ3) is 3.33. The molecule has 0 aliphatic heterocycles. The molecule has 8 nitrogen and oxygen atoms in total. The molecule has 3 heterocycles. The smallest absolute Gasteiger partial charge is 0.287 e. The third-order valence-corrected chi connectivity index (χ3v) is 4.25. The minimum atomic E-state index is -0.448. The summed E-state index contributed by atoms with van der Waals surface area (Å²) < 4.78 is 12.5. The maximum atomic E-state index is 12.1. The van der Waals surface area contributed by atoms with Crippen LogP contribution in [0, 0.1) is 0 Å². The lowest BCUT2D eigenvalue weighted by atomic mass is 10.2. The number of amides is 1. The van der Waals surface area contributed by atoms with Gasteiger partial charge in [-0.05, 0) is 43.7 Å². The normalized spacial score (nSPS) is 12.4. The van der Waals surface area contributed by atoms with Gasteiger partial charge in [0.2, 0.25) is 11.7 Å². The zero-order valence-electron chi connectivity index (χ0n) is 15.0. The van der Waals surface area contributed by atoms with Gasteiger partial charge in [-0.25, -0.2) is 4.98 Å². The van der Waals surface area contributed by atoms with E-state index in [9.17, 15) is 4.79 Å². The number of hydrogen-bond acceptors (Lipinski definition) is 6. The van der Waals surface area contributed by atoms with Gasteiger partial charge in [0, 0.05) is 12.1 Å². The molecule has 1 amide bonds. The Hall–Kier alpha value is -3.42. The maximum Gasteiger partial charge on any atom is 0.287 e. The number of carbonyl (C=O) groups excluding carboxylic acids is 1. The lowest BCUT2D eigenvalue weighted by Crippen LogP contribution is -2.26. The molecule has 0 saturated heterocycles. The van der Waals surface area contributed by atoms with Gasteiger partial charge in [-0.1, -0.05) is 12.1 Å². The fourth-order valence-electron chi connectivity index (χ4n) is 2.89. The van der Waals surface area contributed by atoms with Crippen LogP contribution in [0.1, 0.15) is 42.8 Å². The van der Waals surface area contributed by atoms with Crippen molar-refractivity contribution in [3.05, 3.63) is 54.6 Å². The average molecular weight is 365 g/mol. The van der Waals surface area contributed by atoms with Gasteiger partial charge in [-0.2, -0.15) is 4.98 Å². The lowest BCUT2D eigenvalue weighted by Gasteiger charge is -2.07. The van der Waals surface area contributed by atoms with Crippen LogP contribution in [-0.2, 0) is 6.54 Å². The number of nitrogens with one attached hydrogen (secondary N) is 1. The maximum absolute atomic E-state index is 12.1. The molecular formula is C19H19N5O3. The van der Waals surface area contributed by atoms with Gasteiger partial charge in [-0.15, -0.1) is 0 Å². The van der Waals surface area contributed by atoms with Crippen molar-refractivity contribution in [2.24, 2.45) is 0 Å². The fraction of sp³-hybridized carbons (Fsp3) is 0.263. The first-order valence-corrected chi connectivity index (χ1v) is 8.79. The summed E-state index contributed by atoms with van der Waals surface area (Å²) in [5.41, 5.74) is 2.76. The Morgan fingerprint density at radius 2 is 2.22 bits per heavy atom. The van der Waals surface area contributed by atoms with Crippen LogP contribution in [0.5, 0.6) is 0 Å². The van der Waals surface area contributed by atoms with E-state index in [2.05, 4.69) is 31.9 Å². The van der Waals surface area contributed by atoms with Gasteiger partial charge < -0.3 is 18.8 Å². The summed E-state index contributed by atoms with van der Waals surface area (Å²) >= 11 is 0. The summed E-state index contributed by atoms with van der Waals surface area (Å²) in [7, 11) is 0. The van der Waals surface area contributed by atoms with Crippen LogP contribution in [-0.4, -0.2) is 25.6 Å². The molecular weight excluding hydrogens is 346 g/mol. The van der Waals surface area contributed by atoms with Crippen molar-refractivity contribution in [1.82, 2.24) is 25.0 Å². The van der Waals surface area contributed by atoms with Gasteiger partial charge in [0.25, 0.3) is 5.91 Å². The second-order valence-electron chi connectivity index (χ2n) is 6.27. The first kappa shape index (κ1) is 17.0. The Bertz CT molecular complexity index is 1060. The van der Waals surface area contributed by atoms with Crippen LogP contribution in [0.25, 0.3) is 22.4 Å². The summed E-state index contributed by atoms with van der Waals surface area (Å²) in [6.07, 6.45) is 4.33. The molecule has 0 spiro atoms. The number of rotatable bonds is 6. The zero-order valence-corrected chi connectivity index (χ0v) is 15.0. The molecule has 4 aromatic rings. The molecule has 0 aliphatic rings. The topological polar surface area (TPSA) is 99.0 Å². The highest BCUT2D eigenvalue weighted by Crippen LogP contribution is 2.23. The van der Waals surface area contributed by atoms with E-state index in [-0.39, 0.29) is 11.7 Å². The highest BCUT2D eigenvalue weighted by atomic mass is 16.5. The number of imidazole rings is 1. The molecule has 0 aliphatic carbocycles. The molecule has 0 saturated carbocycles. The van der Waals surface area contributed by atoms with Crippen LogP contribution < -0.4 is 5.32 Å². The van der Waals surface area contributed by atoms with E-state index in [0.717, 1.165) is 29.6 Å². The zero-order chi connectivity index (χ0) is 18.8. The number of carbonyl (C=O) groups is 1. The van der Waals surface area contributed by atoms with Crippen LogP contribution in [0.3, 0.4) is 0 Å². The van der Waals surface area contributed by atoms with Crippen LogP contribution >= 0.6 is 0 Å². The molecule has 1 atom stereocenters. The van der Waals surface area contributed by atoms with Crippen molar-refractivity contribution in [2.45, 2.75) is 32.9 Å². The second-order valence-corrected chi connectivity index (χ2v) is 6.27. The Morgan fingerprint density at radius 1 is 1.33 bits per heavy atom. The molecule has 1 N–H and O–H groups in total. The van der Waals surface area contributed by atoms with Gasteiger partial charge >= 0.3 is 0 Å². The molecule has 1 aromatic carbocycles. The largest absolute Gasteiger partial charge is 0.459 e. The number of hydrogen-bond donors (Lipinski definition) is 1. The summed E-state index contributed by atoms with van der Waals surface area (Å²) in [6, 6.07) is 8.68. The molecule has 3 aromatic heterocycles. The van der Waals surface area contributed by atoms with E-state index in [1.54, 1.807) is 19.1 Å². The molecule has 0 radical (unpaired) electrons. The second kappa shape index (κ2) is 7.06. The van der Waals surface area contributed by atoms with Crippen molar-refractivity contribution < 1.29 is 13.7 Å². The summed E-state index contributed by atoms with van der Waals surface area (Å²) in [4.78, 5) is 20.9. The Kier molecular flexibility index (Phi) is 4.45. The lowest BCUT2D eigenvalue weighted by molar-refractivity contribution is 0.0904. The highest BCUT2D eigenvalue weighted by Gasteiger charge is 2.19.